The number of rotatable bonds is 16. The number of Topliss-reactive ketones (excluding diaryl/α,β-unsaturated/α-hetero) is 1. The Labute approximate surface area is 176 Å². The van der Waals surface area contributed by atoms with Crippen LogP contribution in [0.5, 0.6) is 0 Å². The topological polar surface area (TPSA) is 86.7 Å². The number of carbonyl (C=O) groups excluding carboxylic acids is 2. The monoisotopic (exact) mass is 374 g/mol. The summed E-state index contributed by atoms with van der Waals surface area (Å²) in [5, 5.41) is 20.7. The Morgan fingerprint density at radius 2 is 1.37 bits per heavy atom. The van der Waals surface area contributed by atoms with Crippen LogP contribution >= 0.6 is 0 Å². The van der Waals surface area contributed by atoms with Gasteiger partial charge in [-0.1, -0.05) is 89.7 Å². The quantitative estimate of drug-likeness (QED) is 0.185. The molecule has 1 N–H and O–H groups in total. The van der Waals surface area contributed by atoms with E-state index in [1.54, 1.807) is 0 Å². The number of aliphatic hydroxyl groups excluding tert-OH is 1. The maximum Gasteiger partial charge on any atom is 1.00 e. The van der Waals surface area contributed by atoms with E-state index >= 15 is 0 Å². The first-order valence-electron chi connectivity index (χ1n) is 10.4. The standard InChI is InChI=1S/C21H36O5.Li/c1-2-3-4-5-6-7-8-9-10-11-12-13-14-15-17(23)19-20(24)18(16-22)26-21(19)25;/h18,22,24H,2-16H2,1H3;/q;+1/p-1/t18-;/m1./s1. The van der Waals surface area contributed by atoms with Gasteiger partial charge in [-0.25, -0.2) is 4.79 Å². The van der Waals surface area contributed by atoms with Crippen molar-refractivity contribution in [3.8, 4) is 0 Å². The van der Waals surface area contributed by atoms with Gasteiger partial charge >= 0.3 is 24.8 Å². The molecule has 6 heteroatoms. The van der Waals surface area contributed by atoms with Crippen molar-refractivity contribution in [2.75, 3.05) is 6.61 Å². The maximum atomic E-state index is 12.0. The minimum Gasteiger partial charge on any atom is -0.872 e. The molecule has 0 aromatic heterocycles. The molecule has 0 saturated carbocycles. The van der Waals surface area contributed by atoms with Gasteiger partial charge in [-0.3, -0.25) is 4.79 Å². The fourth-order valence-corrected chi connectivity index (χ4v) is 3.30. The Kier molecular flexibility index (Phi) is 15.8. The van der Waals surface area contributed by atoms with Gasteiger partial charge < -0.3 is 14.9 Å². The zero-order valence-corrected chi connectivity index (χ0v) is 17.3. The van der Waals surface area contributed by atoms with Gasteiger partial charge in [0, 0.05) is 6.42 Å². The number of aliphatic hydroxyl groups is 1. The van der Waals surface area contributed by atoms with Crippen LogP contribution in [0.25, 0.3) is 0 Å². The third-order valence-corrected chi connectivity index (χ3v) is 4.94. The van der Waals surface area contributed by atoms with Gasteiger partial charge in [0.2, 0.25) is 0 Å². The molecule has 0 aromatic carbocycles. The molecule has 0 unspecified atom stereocenters. The van der Waals surface area contributed by atoms with Crippen LogP contribution in [0, 0.1) is 0 Å². The smallest absolute Gasteiger partial charge is 0.872 e. The van der Waals surface area contributed by atoms with Crippen molar-refractivity contribution in [1.29, 1.82) is 0 Å². The summed E-state index contributed by atoms with van der Waals surface area (Å²) in [7, 11) is 0. The molecule has 150 valence electrons. The Balaban J connectivity index is 0.00000676. The van der Waals surface area contributed by atoms with Crippen molar-refractivity contribution >= 4 is 11.8 Å². The summed E-state index contributed by atoms with van der Waals surface area (Å²) in [6.45, 7) is 1.67. The van der Waals surface area contributed by atoms with Crippen LogP contribution in [0.15, 0.2) is 11.3 Å². The zero-order valence-electron chi connectivity index (χ0n) is 17.3. The van der Waals surface area contributed by atoms with E-state index in [2.05, 4.69) is 11.7 Å². The summed E-state index contributed by atoms with van der Waals surface area (Å²) in [6.07, 6.45) is 14.8. The fourth-order valence-electron chi connectivity index (χ4n) is 3.30. The van der Waals surface area contributed by atoms with Crippen molar-refractivity contribution in [1.82, 2.24) is 0 Å². The van der Waals surface area contributed by atoms with Crippen LogP contribution in [-0.2, 0) is 14.3 Å². The molecule has 1 aliphatic heterocycles. The summed E-state index contributed by atoms with van der Waals surface area (Å²) in [5.74, 6) is -2.00. The van der Waals surface area contributed by atoms with Crippen LogP contribution in [0.4, 0.5) is 0 Å². The fraction of sp³-hybridized carbons (Fsp3) is 0.810. The number of cyclic esters (lactones) is 1. The van der Waals surface area contributed by atoms with Crippen molar-refractivity contribution in [3.63, 3.8) is 0 Å². The Morgan fingerprint density at radius 1 is 0.926 bits per heavy atom. The summed E-state index contributed by atoms with van der Waals surface area (Å²) in [4.78, 5) is 23.5. The van der Waals surface area contributed by atoms with Crippen LogP contribution in [0.3, 0.4) is 0 Å². The first-order valence-corrected chi connectivity index (χ1v) is 10.4. The van der Waals surface area contributed by atoms with Crippen molar-refractivity contribution in [2.24, 2.45) is 0 Å². The predicted molar refractivity (Wildman–Crippen MR) is 99.3 cm³/mol. The van der Waals surface area contributed by atoms with Crippen LogP contribution in [0.1, 0.15) is 96.8 Å². The SMILES string of the molecule is CCCCCCCCCCCCCCCC(=O)C1=C([O-])[C@@H](CO)OC1=O.[Li+]. The summed E-state index contributed by atoms with van der Waals surface area (Å²) in [6, 6.07) is 0. The number of hydrogen-bond acceptors (Lipinski definition) is 5. The van der Waals surface area contributed by atoms with Gasteiger partial charge in [-0.15, -0.1) is 0 Å². The van der Waals surface area contributed by atoms with E-state index in [0.717, 1.165) is 12.8 Å². The van der Waals surface area contributed by atoms with Crippen LogP contribution in [0.2, 0.25) is 0 Å². The van der Waals surface area contributed by atoms with E-state index in [0.29, 0.717) is 6.42 Å². The number of esters is 1. The van der Waals surface area contributed by atoms with Gasteiger partial charge in [0.05, 0.1) is 12.2 Å². The first kappa shape index (κ1) is 26.2. The average molecular weight is 374 g/mol. The normalized spacial score (nSPS) is 16.4. The molecule has 0 spiro atoms. The summed E-state index contributed by atoms with van der Waals surface area (Å²) in [5.41, 5.74) is -0.386. The minimum atomic E-state index is -1.19. The van der Waals surface area contributed by atoms with E-state index in [9.17, 15) is 14.7 Å². The minimum absolute atomic E-state index is 0. The first-order chi connectivity index (χ1) is 12.6. The molecular weight excluding hydrogens is 339 g/mol. The van der Waals surface area contributed by atoms with E-state index in [1.165, 1.54) is 64.2 Å². The molecule has 0 aromatic rings. The molecule has 27 heavy (non-hydrogen) atoms. The second kappa shape index (κ2) is 16.2. The molecule has 5 nitrogen and oxygen atoms in total. The van der Waals surface area contributed by atoms with Gasteiger partial charge in [0.1, 0.15) is 6.10 Å². The third kappa shape index (κ3) is 10.4. The van der Waals surface area contributed by atoms with E-state index in [1.807, 2.05) is 0 Å². The molecule has 1 aliphatic rings. The van der Waals surface area contributed by atoms with Gasteiger partial charge in [-0.2, -0.15) is 0 Å². The molecule has 0 aliphatic carbocycles. The van der Waals surface area contributed by atoms with Crippen LogP contribution in [-0.4, -0.2) is 29.6 Å². The Morgan fingerprint density at radius 3 is 1.78 bits per heavy atom. The molecule has 0 saturated heterocycles. The number of unbranched alkanes of at least 4 members (excludes halogenated alkanes) is 12. The number of ketones is 1. The molecule has 0 radical (unpaired) electrons. The zero-order chi connectivity index (χ0) is 19.2. The number of carbonyl (C=O) groups is 2. The molecule has 1 rings (SSSR count). The molecular formula is C21H35LiO5. The molecule has 0 amide bonds. The van der Waals surface area contributed by atoms with Crippen LogP contribution < -0.4 is 24.0 Å². The largest absolute Gasteiger partial charge is 1.00 e. The average Bonchev–Trinajstić information content (AvgIpc) is 2.92. The Hall–Kier alpha value is -0.763. The molecule has 1 heterocycles. The summed E-state index contributed by atoms with van der Waals surface area (Å²) < 4.78 is 4.68. The number of ether oxygens (including phenoxy) is 1. The van der Waals surface area contributed by atoms with E-state index in [4.69, 9.17) is 5.11 Å². The summed E-state index contributed by atoms with van der Waals surface area (Å²) >= 11 is 0. The van der Waals surface area contributed by atoms with Crippen molar-refractivity contribution in [2.45, 2.75) is 103 Å². The molecule has 0 fully saturated rings. The van der Waals surface area contributed by atoms with Gasteiger partial charge in [0.25, 0.3) is 0 Å². The second-order valence-corrected chi connectivity index (χ2v) is 7.23. The maximum absolute atomic E-state index is 12.0. The Bertz CT molecular complexity index is 461. The second-order valence-electron chi connectivity index (χ2n) is 7.23. The van der Waals surface area contributed by atoms with E-state index in [-0.39, 0.29) is 30.9 Å². The van der Waals surface area contributed by atoms with Gasteiger partial charge in [-0.05, 0) is 6.42 Å². The van der Waals surface area contributed by atoms with Crippen molar-refractivity contribution in [3.05, 3.63) is 11.3 Å². The van der Waals surface area contributed by atoms with E-state index < -0.39 is 30.2 Å². The molecule has 1 atom stereocenters. The van der Waals surface area contributed by atoms with Gasteiger partial charge in [0.15, 0.2) is 5.78 Å². The third-order valence-electron chi connectivity index (χ3n) is 4.94. The predicted octanol–water partition coefficient (Wildman–Crippen LogP) is 0.573. The number of hydrogen-bond donors (Lipinski definition) is 1. The van der Waals surface area contributed by atoms with Crippen molar-refractivity contribution < 1.29 is 43.4 Å². The molecule has 0 bridgehead atoms.